The van der Waals surface area contributed by atoms with Gasteiger partial charge in [-0.3, -0.25) is 0 Å². The van der Waals surface area contributed by atoms with Crippen LogP contribution in [-0.4, -0.2) is 11.1 Å². The van der Waals surface area contributed by atoms with Crippen LogP contribution in [0.3, 0.4) is 0 Å². The van der Waals surface area contributed by atoms with Gasteiger partial charge in [0.05, 0.1) is 5.02 Å². The van der Waals surface area contributed by atoms with Gasteiger partial charge in [0.15, 0.2) is 0 Å². The molecule has 16 heavy (non-hydrogen) atoms. The summed E-state index contributed by atoms with van der Waals surface area (Å²) in [5, 5.41) is 13.8. The molecule has 0 saturated heterocycles. The average molecular weight is 260 g/mol. The molecule has 0 amide bonds. The SMILES string of the molecule is C=CCC(C)NCc1cc(Cl)cc(Cl)c1O. The number of aromatic hydroxyl groups is 1. The van der Waals surface area contributed by atoms with E-state index in [-0.39, 0.29) is 10.8 Å². The molecule has 1 unspecified atom stereocenters. The normalized spacial score (nSPS) is 12.4. The lowest BCUT2D eigenvalue weighted by Crippen LogP contribution is -2.24. The standard InChI is InChI=1S/C12H15Cl2NO/c1-3-4-8(2)15-7-9-5-10(13)6-11(14)12(9)16/h3,5-6,8,15-16H,1,4,7H2,2H3. The molecule has 0 heterocycles. The molecule has 1 aromatic rings. The first-order valence-corrected chi connectivity index (χ1v) is 5.81. The Morgan fingerprint density at radius 2 is 2.19 bits per heavy atom. The van der Waals surface area contributed by atoms with Gasteiger partial charge < -0.3 is 10.4 Å². The molecule has 4 heteroatoms. The van der Waals surface area contributed by atoms with Gasteiger partial charge in [-0.1, -0.05) is 29.3 Å². The van der Waals surface area contributed by atoms with Crippen molar-refractivity contribution in [2.75, 3.05) is 0 Å². The van der Waals surface area contributed by atoms with Gasteiger partial charge in [0.25, 0.3) is 0 Å². The zero-order valence-electron chi connectivity index (χ0n) is 9.13. The van der Waals surface area contributed by atoms with Crippen molar-refractivity contribution in [3.8, 4) is 5.75 Å². The molecule has 0 saturated carbocycles. The van der Waals surface area contributed by atoms with Crippen LogP contribution >= 0.6 is 23.2 Å². The van der Waals surface area contributed by atoms with E-state index in [1.807, 2.05) is 13.0 Å². The van der Waals surface area contributed by atoms with E-state index in [1.54, 1.807) is 6.07 Å². The Kier molecular flexibility index (Phi) is 5.13. The molecule has 0 spiro atoms. The van der Waals surface area contributed by atoms with Gasteiger partial charge in [-0.2, -0.15) is 0 Å². The van der Waals surface area contributed by atoms with Crippen molar-refractivity contribution in [1.29, 1.82) is 0 Å². The van der Waals surface area contributed by atoms with Crippen molar-refractivity contribution in [2.24, 2.45) is 0 Å². The summed E-state index contributed by atoms with van der Waals surface area (Å²) in [7, 11) is 0. The molecule has 2 nitrogen and oxygen atoms in total. The number of phenols is 1. The molecule has 0 radical (unpaired) electrons. The monoisotopic (exact) mass is 259 g/mol. The summed E-state index contributed by atoms with van der Waals surface area (Å²) in [5.41, 5.74) is 0.702. The number of phenolic OH excluding ortho intramolecular Hbond substituents is 1. The van der Waals surface area contributed by atoms with Gasteiger partial charge in [-0.25, -0.2) is 0 Å². The van der Waals surface area contributed by atoms with Gasteiger partial charge >= 0.3 is 0 Å². The highest BCUT2D eigenvalue weighted by molar-refractivity contribution is 6.35. The molecular weight excluding hydrogens is 245 g/mol. The zero-order valence-corrected chi connectivity index (χ0v) is 10.6. The molecule has 1 aromatic carbocycles. The van der Waals surface area contributed by atoms with Gasteiger partial charge in [0, 0.05) is 23.2 Å². The van der Waals surface area contributed by atoms with Crippen LogP contribution in [0, 0.1) is 0 Å². The lowest BCUT2D eigenvalue weighted by atomic mass is 10.1. The Morgan fingerprint density at radius 3 is 2.81 bits per heavy atom. The van der Waals surface area contributed by atoms with Crippen molar-refractivity contribution in [3.05, 3.63) is 40.4 Å². The van der Waals surface area contributed by atoms with E-state index in [0.717, 1.165) is 6.42 Å². The molecule has 1 atom stereocenters. The molecule has 0 aliphatic rings. The topological polar surface area (TPSA) is 32.3 Å². The van der Waals surface area contributed by atoms with Crippen LogP contribution < -0.4 is 5.32 Å². The maximum atomic E-state index is 9.71. The fourth-order valence-electron chi connectivity index (χ4n) is 1.37. The molecule has 0 aliphatic carbocycles. The number of benzene rings is 1. The predicted octanol–water partition coefficient (Wildman–Crippen LogP) is 3.75. The quantitative estimate of drug-likeness (QED) is 0.790. The smallest absolute Gasteiger partial charge is 0.138 e. The fourth-order valence-corrected chi connectivity index (χ4v) is 1.91. The minimum absolute atomic E-state index is 0.0874. The third-order valence-corrected chi connectivity index (χ3v) is 2.77. The van der Waals surface area contributed by atoms with Crippen molar-refractivity contribution < 1.29 is 5.11 Å². The van der Waals surface area contributed by atoms with Gasteiger partial charge in [0.2, 0.25) is 0 Å². The second-order valence-electron chi connectivity index (χ2n) is 3.70. The van der Waals surface area contributed by atoms with Gasteiger partial charge in [-0.15, -0.1) is 6.58 Å². The summed E-state index contributed by atoms with van der Waals surface area (Å²) in [5.74, 6) is 0.0874. The minimum Gasteiger partial charge on any atom is -0.506 e. The van der Waals surface area contributed by atoms with Gasteiger partial charge in [-0.05, 0) is 25.5 Å². The van der Waals surface area contributed by atoms with Crippen molar-refractivity contribution in [3.63, 3.8) is 0 Å². The maximum absolute atomic E-state index is 9.71. The second kappa shape index (κ2) is 6.14. The summed E-state index contributed by atoms with van der Waals surface area (Å²) < 4.78 is 0. The van der Waals surface area contributed by atoms with E-state index in [1.165, 1.54) is 6.07 Å². The molecule has 0 fully saturated rings. The molecule has 1 rings (SSSR count). The molecule has 0 bridgehead atoms. The number of hydrogen-bond donors (Lipinski definition) is 2. The van der Waals surface area contributed by atoms with Crippen LogP contribution in [0.2, 0.25) is 10.0 Å². The third kappa shape index (κ3) is 3.71. The summed E-state index contributed by atoms with van der Waals surface area (Å²) in [6.07, 6.45) is 2.72. The first kappa shape index (κ1) is 13.4. The number of halogens is 2. The largest absolute Gasteiger partial charge is 0.506 e. The summed E-state index contributed by atoms with van der Waals surface area (Å²) >= 11 is 11.7. The lowest BCUT2D eigenvalue weighted by Gasteiger charge is -2.13. The Balaban J connectivity index is 2.70. The van der Waals surface area contributed by atoms with Crippen molar-refractivity contribution >= 4 is 23.2 Å². The number of hydrogen-bond acceptors (Lipinski definition) is 2. The minimum atomic E-state index is 0.0874. The van der Waals surface area contributed by atoms with E-state index in [9.17, 15) is 5.11 Å². The van der Waals surface area contributed by atoms with E-state index < -0.39 is 0 Å². The van der Waals surface area contributed by atoms with Crippen LogP contribution in [0.15, 0.2) is 24.8 Å². The van der Waals surface area contributed by atoms with Crippen LogP contribution in [-0.2, 0) is 6.54 Å². The number of nitrogens with one attached hydrogen (secondary N) is 1. The zero-order chi connectivity index (χ0) is 12.1. The predicted molar refractivity (Wildman–Crippen MR) is 69.2 cm³/mol. The highest BCUT2D eigenvalue weighted by Crippen LogP contribution is 2.31. The van der Waals surface area contributed by atoms with Crippen LogP contribution in [0.1, 0.15) is 18.9 Å². The fraction of sp³-hybridized carbons (Fsp3) is 0.333. The third-order valence-electron chi connectivity index (χ3n) is 2.27. The molecule has 0 aliphatic heterocycles. The summed E-state index contributed by atoms with van der Waals surface area (Å²) in [6.45, 7) is 6.25. The Bertz CT molecular complexity index is 380. The van der Waals surface area contributed by atoms with Gasteiger partial charge in [0.1, 0.15) is 5.75 Å². The first-order valence-electron chi connectivity index (χ1n) is 5.05. The Hall–Kier alpha value is -0.700. The van der Waals surface area contributed by atoms with E-state index in [2.05, 4.69) is 11.9 Å². The first-order chi connectivity index (χ1) is 7.54. The Labute approximate surface area is 106 Å². The van der Waals surface area contributed by atoms with Crippen molar-refractivity contribution in [2.45, 2.75) is 25.9 Å². The Morgan fingerprint density at radius 1 is 1.50 bits per heavy atom. The molecular formula is C12H15Cl2NO. The van der Waals surface area contributed by atoms with E-state index in [0.29, 0.717) is 23.2 Å². The van der Waals surface area contributed by atoms with Crippen LogP contribution in [0.5, 0.6) is 5.75 Å². The highest BCUT2D eigenvalue weighted by Gasteiger charge is 2.08. The molecule has 88 valence electrons. The second-order valence-corrected chi connectivity index (χ2v) is 4.55. The van der Waals surface area contributed by atoms with Crippen LogP contribution in [0.4, 0.5) is 0 Å². The summed E-state index contributed by atoms with van der Waals surface area (Å²) in [6, 6.07) is 3.53. The number of rotatable bonds is 5. The van der Waals surface area contributed by atoms with Crippen molar-refractivity contribution in [1.82, 2.24) is 5.32 Å². The average Bonchev–Trinajstić information content (AvgIpc) is 2.21. The summed E-state index contributed by atoms with van der Waals surface area (Å²) in [4.78, 5) is 0. The van der Waals surface area contributed by atoms with Crippen LogP contribution in [0.25, 0.3) is 0 Å². The van der Waals surface area contributed by atoms with E-state index >= 15 is 0 Å². The highest BCUT2D eigenvalue weighted by atomic mass is 35.5. The lowest BCUT2D eigenvalue weighted by molar-refractivity contribution is 0.459. The molecule has 2 N–H and O–H groups in total. The molecule has 0 aromatic heterocycles. The van der Waals surface area contributed by atoms with E-state index in [4.69, 9.17) is 23.2 Å². The maximum Gasteiger partial charge on any atom is 0.138 e.